The minimum absolute atomic E-state index is 0.184. The number of benzene rings is 2. The molecule has 1 unspecified atom stereocenters. The smallest absolute Gasteiger partial charge is 0.0580 e. The highest BCUT2D eigenvalue weighted by atomic mass is 14.9. The first kappa shape index (κ1) is 12.8. The maximum atomic E-state index is 4.27. The summed E-state index contributed by atoms with van der Waals surface area (Å²) in [4.78, 5) is 4.27. The normalized spacial score (nSPS) is 12.5. The van der Waals surface area contributed by atoms with Crippen molar-refractivity contribution in [1.82, 2.24) is 10.3 Å². The molecular formula is C18H18N2. The van der Waals surface area contributed by atoms with Crippen molar-refractivity contribution in [3.8, 4) is 0 Å². The molecule has 0 amide bonds. The van der Waals surface area contributed by atoms with E-state index in [9.17, 15) is 0 Å². The summed E-state index contributed by atoms with van der Waals surface area (Å²) in [5.41, 5.74) is 3.82. The van der Waals surface area contributed by atoms with Crippen LogP contribution in [-0.2, 0) is 0 Å². The van der Waals surface area contributed by atoms with Crippen LogP contribution in [0, 0.1) is 6.92 Å². The molecule has 1 atom stereocenters. The van der Waals surface area contributed by atoms with Crippen LogP contribution in [0.5, 0.6) is 0 Å². The quantitative estimate of drug-likeness (QED) is 0.775. The van der Waals surface area contributed by atoms with Crippen molar-refractivity contribution < 1.29 is 0 Å². The fraction of sp³-hybridized carbons (Fsp3) is 0.167. The van der Waals surface area contributed by atoms with E-state index in [0.717, 1.165) is 0 Å². The second kappa shape index (κ2) is 5.43. The van der Waals surface area contributed by atoms with E-state index in [1.165, 1.54) is 27.5 Å². The summed E-state index contributed by atoms with van der Waals surface area (Å²) in [7, 11) is 2.00. The lowest BCUT2D eigenvalue weighted by Crippen LogP contribution is -2.18. The summed E-state index contributed by atoms with van der Waals surface area (Å²) < 4.78 is 0. The minimum Gasteiger partial charge on any atom is -0.309 e. The third-order valence-corrected chi connectivity index (χ3v) is 3.73. The Labute approximate surface area is 119 Å². The van der Waals surface area contributed by atoms with Crippen LogP contribution in [0.15, 0.2) is 60.9 Å². The summed E-state index contributed by atoms with van der Waals surface area (Å²) in [6.07, 6.45) is 3.79. The topological polar surface area (TPSA) is 24.9 Å². The molecule has 0 saturated carbocycles. The van der Waals surface area contributed by atoms with Crippen LogP contribution < -0.4 is 5.32 Å². The minimum atomic E-state index is 0.184. The molecule has 0 saturated heterocycles. The van der Waals surface area contributed by atoms with Crippen LogP contribution in [-0.4, -0.2) is 12.0 Å². The van der Waals surface area contributed by atoms with Crippen LogP contribution in [0.25, 0.3) is 10.8 Å². The summed E-state index contributed by atoms with van der Waals surface area (Å²) >= 11 is 0. The van der Waals surface area contributed by atoms with Crippen molar-refractivity contribution in [2.75, 3.05) is 7.05 Å². The Morgan fingerprint density at radius 3 is 2.55 bits per heavy atom. The summed E-state index contributed by atoms with van der Waals surface area (Å²) in [5, 5.41) is 5.85. The predicted molar refractivity (Wildman–Crippen MR) is 83.8 cm³/mol. The van der Waals surface area contributed by atoms with Crippen LogP contribution in [0.4, 0.5) is 0 Å². The molecule has 3 rings (SSSR count). The van der Waals surface area contributed by atoms with Crippen LogP contribution in [0.1, 0.15) is 22.7 Å². The monoisotopic (exact) mass is 262 g/mol. The van der Waals surface area contributed by atoms with Gasteiger partial charge in [-0.05, 0) is 36.6 Å². The van der Waals surface area contributed by atoms with Gasteiger partial charge in [-0.2, -0.15) is 0 Å². The molecule has 3 aromatic rings. The predicted octanol–water partition coefficient (Wildman–Crippen LogP) is 3.85. The van der Waals surface area contributed by atoms with Crippen molar-refractivity contribution in [3.63, 3.8) is 0 Å². The van der Waals surface area contributed by atoms with E-state index in [-0.39, 0.29) is 6.04 Å². The molecule has 20 heavy (non-hydrogen) atoms. The number of aromatic nitrogens is 1. The van der Waals surface area contributed by atoms with Gasteiger partial charge in [0.15, 0.2) is 0 Å². The van der Waals surface area contributed by atoms with Gasteiger partial charge in [0.25, 0.3) is 0 Å². The molecule has 1 heterocycles. The highest BCUT2D eigenvalue weighted by Crippen LogP contribution is 2.28. The standard InChI is InChI=1S/C18H18N2/c1-13-6-8-15(9-7-13)18(19-2)16-5-3-4-14-10-11-20-12-17(14)16/h3-12,18-19H,1-2H3. The molecule has 100 valence electrons. The number of aryl methyl sites for hydroxylation is 1. The highest BCUT2D eigenvalue weighted by molar-refractivity contribution is 5.85. The molecule has 1 aromatic heterocycles. The molecule has 0 aliphatic rings. The lowest BCUT2D eigenvalue weighted by molar-refractivity contribution is 0.696. The van der Waals surface area contributed by atoms with Crippen molar-refractivity contribution in [1.29, 1.82) is 0 Å². The second-order valence-electron chi connectivity index (χ2n) is 5.08. The lowest BCUT2D eigenvalue weighted by atomic mass is 9.94. The zero-order valence-corrected chi connectivity index (χ0v) is 11.8. The molecule has 1 N–H and O–H groups in total. The van der Waals surface area contributed by atoms with Gasteiger partial charge >= 0.3 is 0 Å². The van der Waals surface area contributed by atoms with Crippen molar-refractivity contribution in [2.45, 2.75) is 13.0 Å². The Hall–Kier alpha value is -2.19. The van der Waals surface area contributed by atoms with Gasteiger partial charge in [-0.3, -0.25) is 4.98 Å². The van der Waals surface area contributed by atoms with Gasteiger partial charge in [0, 0.05) is 17.8 Å². The van der Waals surface area contributed by atoms with Gasteiger partial charge < -0.3 is 5.32 Å². The number of nitrogens with zero attached hydrogens (tertiary/aromatic N) is 1. The third-order valence-electron chi connectivity index (χ3n) is 3.73. The molecule has 2 heteroatoms. The molecule has 0 spiro atoms. The summed E-state index contributed by atoms with van der Waals surface area (Å²) in [6, 6.07) is 17.3. The average molecular weight is 262 g/mol. The van der Waals surface area contributed by atoms with Gasteiger partial charge in [0.1, 0.15) is 0 Å². The van der Waals surface area contributed by atoms with Gasteiger partial charge in [0.05, 0.1) is 6.04 Å². The Morgan fingerprint density at radius 2 is 1.80 bits per heavy atom. The van der Waals surface area contributed by atoms with Crippen molar-refractivity contribution in [3.05, 3.63) is 77.6 Å². The Balaban J connectivity index is 2.14. The Bertz CT molecular complexity index is 712. The maximum Gasteiger partial charge on any atom is 0.0580 e. The van der Waals surface area contributed by atoms with E-state index in [4.69, 9.17) is 0 Å². The SMILES string of the molecule is CNC(c1ccc(C)cc1)c1cccc2ccncc12. The summed E-state index contributed by atoms with van der Waals surface area (Å²) in [6.45, 7) is 2.11. The molecule has 0 aliphatic carbocycles. The first-order valence-corrected chi connectivity index (χ1v) is 6.86. The maximum absolute atomic E-state index is 4.27. The van der Waals surface area contributed by atoms with E-state index < -0.39 is 0 Å². The number of pyridine rings is 1. The number of nitrogens with one attached hydrogen (secondary N) is 1. The lowest BCUT2D eigenvalue weighted by Gasteiger charge is -2.19. The number of hydrogen-bond acceptors (Lipinski definition) is 2. The van der Waals surface area contributed by atoms with Gasteiger partial charge in [0.2, 0.25) is 0 Å². The van der Waals surface area contributed by atoms with Crippen LogP contribution in [0.2, 0.25) is 0 Å². The zero-order valence-electron chi connectivity index (χ0n) is 11.8. The third kappa shape index (κ3) is 2.30. The number of hydrogen-bond donors (Lipinski definition) is 1. The molecule has 2 aromatic carbocycles. The molecule has 0 fully saturated rings. The molecule has 2 nitrogen and oxygen atoms in total. The molecule has 0 aliphatic heterocycles. The zero-order chi connectivity index (χ0) is 13.9. The second-order valence-corrected chi connectivity index (χ2v) is 5.08. The Morgan fingerprint density at radius 1 is 1.00 bits per heavy atom. The number of rotatable bonds is 3. The fourth-order valence-electron chi connectivity index (χ4n) is 2.65. The number of fused-ring (bicyclic) bond motifs is 1. The first-order valence-electron chi connectivity index (χ1n) is 6.86. The van der Waals surface area contributed by atoms with E-state index in [1.54, 1.807) is 0 Å². The van der Waals surface area contributed by atoms with E-state index in [0.29, 0.717) is 0 Å². The average Bonchev–Trinajstić information content (AvgIpc) is 2.50. The summed E-state index contributed by atoms with van der Waals surface area (Å²) in [5.74, 6) is 0. The van der Waals surface area contributed by atoms with Gasteiger partial charge in [-0.25, -0.2) is 0 Å². The van der Waals surface area contributed by atoms with Gasteiger partial charge in [-0.1, -0.05) is 48.0 Å². The highest BCUT2D eigenvalue weighted by Gasteiger charge is 2.14. The Kier molecular flexibility index (Phi) is 3.48. The van der Waals surface area contributed by atoms with Crippen molar-refractivity contribution >= 4 is 10.8 Å². The van der Waals surface area contributed by atoms with E-state index >= 15 is 0 Å². The van der Waals surface area contributed by atoms with E-state index in [1.807, 2.05) is 19.4 Å². The molecule has 0 radical (unpaired) electrons. The largest absolute Gasteiger partial charge is 0.309 e. The molecule has 0 bridgehead atoms. The molecular weight excluding hydrogens is 244 g/mol. The fourth-order valence-corrected chi connectivity index (χ4v) is 2.65. The van der Waals surface area contributed by atoms with Gasteiger partial charge in [-0.15, -0.1) is 0 Å². The van der Waals surface area contributed by atoms with Crippen LogP contribution >= 0.6 is 0 Å². The van der Waals surface area contributed by atoms with E-state index in [2.05, 4.69) is 65.8 Å². The van der Waals surface area contributed by atoms with Crippen molar-refractivity contribution in [2.24, 2.45) is 0 Å². The van der Waals surface area contributed by atoms with Crippen LogP contribution in [0.3, 0.4) is 0 Å². The first-order chi connectivity index (χ1) is 9.79.